The van der Waals surface area contributed by atoms with Crippen LogP contribution in [-0.2, 0) is 16.0 Å². The molecular weight excluding hydrogens is 399 g/mol. The maximum atomic E-state index is 13.6. The molecule has 7 nitrogen and oxygen atoms in total. The summed E-state index contributed by atoms with van der Waals surface area (Å²) in [5, 5.41) is 18.7. The van der Waals surface area contributed by atoms with Crippen molar-refractivity contribution in [2.24, 2.45) is 11.7 Å². The molecule has 2 aromatic carbocycles. The standard InChI is InChI=1S/C20H18ClFN4O3/c21-14-5-11(6-15(22)8-14)1-2-13-10-26(19(28)20(13,29)18(23)27)16-3-4-17-12(7-16)9-24-25-17/h3-9,13,29H,1-2,10H2,(H2,23,27)(H,24,25). The highest BCUT2D eigenvalue weighted by atomic mass is 35.5. The summed E-state index contributed by atoms with van der Waals surface area (Å²) in [6.45, 7) is 0.102. The van der Waals surface area contributed by atoms with Gasteiger partial charge in [-0.2, -0.15) is 5.10 Å². The van der Waals surface area contributed by atoms with E-state index in [1.807, 2.05) is 0 Å². The summed E-state index contributed by atoms with van der Waals surface area (Å²) >= 11 is 5.88. The van der Waals surface area contributed by atoms with Crippen molar-refractivity contribution in [2.75, 3.05) is 11.4 Å². The van der Waals surface area contributed by atoms with Gasteiger partial charge in [0, 0.05) is 28.6 Å². The molecular formula is C20H18ClFN4O3. The van der Waals surface area contributed by atoms with E-state index in [0.717, 1.165) is 10.9 Å². The van der Waals surface area contributed by atoms with E-state index in [1.54, 1.807) is 30.5 Å². The fourth-order valence-corrected chi connectivity index (χ4v) is 4.08. The van der Waals surface area contributed by atoms with E-state index >= 15 is 0 Å². The number of hydrogen-bond acceptors (Lipinski definition) is 4. The molecule has 1 fully saturated rings. The monoisotopic (exact) mass is 416 g/mol. The fourth-order valence-electron chi connectivity index (χ4n) is 3.84. The lowest BCUT2D eigenvalue weighted by Gasteiger charge is -2.23. The van der Waals surface area contributed by atoms with Crippen LogP contribution in [0.3, 0.4) is 0 Å². The molecule has 150 valence electrons. The van der Waals surface area contributed by atoms with Gasteiger partial charge in [0.1, 0.15) is 5.82 Å². The van der Waals surface area contributed by atoms with E-state index < -0.39 is 29.2 Å². The Balaban J connectivity index is 1.62. The number of aromatic amines is 1. The summed E-state index contributed by atoms with van der Waals surface area (Å²) in [7, 11) is 0. The molecule has 1 aliphatic heterocycles. The van der Waals surface area contributed by atoms with Crippen LogP contribution in [0.4, 0.5) is 10.1 Å². The zero-order valence-corrected chi connectivity index (χ0v) is 16.0. The molecule has 4 N–H and O–H groups in total. The smallest absolute Gasteiger partial charge is 0.269 e. The van der Waals surface area contributed by atoms with Crippen LogP contribution in [0.1, 0.15) is 12.0 Å². The Labute approximate surface area is 170 Å². The van der Waals surface area contributed by atoms with Crippen molar-refractivity contribution in [1.29, 1.82) is 0 Å². The molecule has 9 heteroatoms. The summed E-state index contributed by atoms with van der Waals surface area (Å²) in [6.07, 6.45) is 2.18. The number of aryl methyl sites for hydroxylation is 1. The quantitative estimate of drug-likeness (QED) is 0.553. The zero-order valence-electron chi connectivity index (χ0n) is 15.2. The Morgan fingerprint density at radius 2 is 2.17 bits per heavy atom. The van der Waals surface area contributed by atoms with Gasteiger partial charge in [0.05, 0.1) is 11.7 Å². The number of primary amides is 1. The van der Waals surface area contributed by atoms with Gasteiger partial charge in [-0.1, -0.05) is 11.6 Å². The number of carbonyl (C=O) groups is 2. The first-order valence-electron chi connectivity index (χ1n) is 9.01. The summed E-state index contributed by atoms with van der Waals surface area (Å²) in [6, 6.07) is 9.33. The largest absolute Gasteiger partial charge is 0.371 e. The van der Waals surface area contributed by atoms with Gasteiger partial charge in [-0.15, -0.1) is 0 Å². The van der Waals surface area contributed by atoms with E-state index in [-0.39, 0.29) is 18.0 Å². The highest BCUT2D eigenvalue weighted by Crippen LogP contribution is 2.36. The number of nitrogens with one attached hydrogen (secondary N) is 1. The summed E-state index contributed by atoms with van der Waals surface area (Å²) in [5.74, 6) is -3.10. The van der Waals surface area contributed by atoms with E-state index in [4.69, 9.17) is 17.3 Å². The molecule has 0 radical (unpaired) electrons. The number of benzene rings is 2. The van der Waals surface area contributed by atoms with E-state index in [2.05, 4.69) is 10.2 Å². The molecule has 3 aromatic rings. The van der Waals surface area contributed by atoms with Gasteiger partial charge in [0.15, 0.2) is 0 Å². The molecule has 0 spiro atoms. The number of amides is 2. The van der Waals surface area contributed by atoms with Crippen LogP contribution in [0.5, 0.6) is 0 Å². The second kappa shape index (κ2) is 7.13. The minimum atomic E-state index is -2.33. The zero-order chi connectivity index (χ0) is 20.8. The van der Waals surface area contributed by atoms with Crippen LogP contribution < -0.4 is 10.6 Å². The summed E-state index contributed by atoms with van der Waals surface area (Å²) in [4.78, 5) is 26.3. The van der Waals surface area contributed by atoms with Crippen molar-refractivity contribution < 1.29 is 19.1 Å². The number of rotatable bonds is 5. The molecule has 0 saturated carbocycles. The van der Waals surface area contributed by atoms with Crippen molar-refractivity contribution in [3.05, 3.63) is 59.0 Å². The number of halogens is 2. The number of carbonyl (C=O) groups excluding carboxylic acids is 2. The molecule has 0 aliphatic carbocycles. The van der Waals surface area contributed by atoms with Crippen molar-refractivity contribution in [2.45, 2.75) is 18.4 Å². The average Bonchev–Trinajstić information content (AvgIpc) is 3.23. The second-order valence-electron chi connectivity index (χ2n) is 7.20. The minimum Gasteiger partial charge on any atom is -0.371 e. The molecule has 4 rings (SSSR count). The van der Waals surface area contributed by atoms with E-state index in [9.17, 15) is 19.1 Å². The lowest BCUT2D eigenvalue weighted by atomic mass is 9.85. The maximum Gasteiger partial charge on any atom is 0.269 e. The SMILES string of the molecule is NC(=O)C1(O)C(=O)N(c2ccc3[nH]ncc3c2)CC1CCc1cc(F)cc(Cl)c1. The molecule has 1 aromatic heterocycles. The lowest BCUT2D eigenvalue weighted by Crippen LogP contribution is -2.54. The fraction of sp³-hybridized carbons (Fsp3) is 0.250. The van der Waals surface area contributed by atoms with Crippen LogP contribution >= 0.6 is 11.6 Å². The van der Waals surface area contributed by atoms with Crippen LogP contribution in [0.2, 0.25) is 5.02 Å². The van der Waals surface area contributed by atoms with Crippen LogP contribution in [-0.4, -0.2) is 39.3 Å². The second-order valence-corrected chi connectivity index (χ2v) is 7.64. The van der Waals surface area contributed by atoms with Gasteiger partial charge in [-0.25, -0.2) is 4.39 Å². The van der Waals surface area contributed by atoms with Crippen molar-refractivity contribution >= 4 is 40.0 Å². The number of H-pyrrole nitrogens is 1. The molecule has 1 saturated heterocycles. The first kappa shape index (κ1) is 19.4. The number of nitrogens with zero attached hydrogens (tertiary/aromatic N) is 2. The van der Waals surface area contributed by atoms with Crippen molar-refractivity contribution in [3.63, 3.8) is 0 Å². The normalized spacial score (nSPS) is 21.8. The molecule has 2 atom stereocenters. The number of nitrogens with two attached hydrogens (primary N) is 1. The molecule has 0 bridgehead atoms. The Morgan fingerprint density at radius 3 is 2.90 bits per heavy atom. The lowest BCUT2D eigenvalue weighted by molar-refractivity contribution is -0.151. The van der Waals surface area contributed by atoms with Gasteiger partial charge in [-0.05, 0) is 54.8 Å². The topological polar surface area (TPSA) is 112 Å². The molecule has 2 unspecified atom stereocenters. The number of hydrogen-bond donors (Lipinski definition) is 3. The van der Waals surface area contributed by atoms with Crippen LogP contribution in [0.25, 0.3) is 10.9 Å². The minimum absolute atomic E-state index is 0.102. The average molecular weight is 417 g/mol. The molecule has 1 aliphatic rings. The Kier molecular flexibility index (Phi) is 4.76. The van der Waals surface area contributed by atoms with E-state index in [1.165, 1.54) is 17.0 Å². The third-order valence-electron chi connectivity index (χ3n) is 5.38. The highest BCUT2D eigenvalue weighted by Gasteiger charge is 2.57. The Bertz CT molecular complexity index is 1100. The third kappa shape index (κ3) is 3.34. The summed E-state index contributed by atoms with van der Waals surface area (Å²) < 4.78 is 13.6. The number of anilines is 1. The van der Waals surface area contributed by atoms with Crippen molar-refractivity contribution in [1.82, 2.24) is 10.2 Å². The first-order valence-corrected chi connectivity index (χ1v) is 9.39. The Morgan fingerprint density at radius 1 is 1.38 bits per heavy atom. The highest BCUT2D eigenvalue weighted by molar-refractivity contribution is 6.30. The molecule has 29 heavy (non-hydrogen) atoms. The van der Waals surface area contributed by atoms with Gasteiger partial charge in [0.25, 0.3) is 11.8 Å². The molecule has 2 heterocycles. The Hall–Kier alpha value is -2.97. The van der Waals surface area contributed by atoms with E-state index in [0.29, 0.717) is 17.7 Å². The van der Waals surface area contributed by atoms with Crippen LogP contribution in [0.15, 0.2) is 42.6 Å². The molecule has 2 amide bonds. The van der Waals surface area contributed by atoms with Gasteiger partial charge >= 0.3 is 0 Å². The number of aromatic nitrogens is 2. The summed E-state index contributed by atoms with van der Waals surface area (Å²) in [5.41, 5.74) is 5.01. The van der Waals surface area contributed by atoms with Crippen LogP contribution in [0, 0.1) is 11.7 Å². The van der Waals surface area contributed by atoms with Gasteiger partial charge < -0.3 is 15.7 Å². The van der Waals surface area contributed by atoms with Gasteiger partial charge in [-0.3, -0.25) is 14.7 Å². The first-order chi connectivity index (χ1) is 13.8. The van der Waals surface area contributed by atoms with Crippen molar-refractivity contribution in [3.8, 4) is 0 Å². The predicted molar refractivity (Wildman–Crippen MR) is 106 cm³/mol. The number of aliphatic hydroxyl groups is 1. The maximum absolute atomic E-state index is 13.6. The van der Waals surface area contributed by atoms with Gasteiger partial charge in [0.2, 0.25) is 5.60 Å². The number of fused-ring (bicyclic) bond motifs is 1. The predicted octanol–water partition coefficient (Wildman–Crippen LogP) is 2.17. The third-order valence-corrected chi connectivity index (χ3v) is 5.60.